The monoisotopic (exact) mass is 371 g/mol. The van der Waals surface area contributed by atoms with Crippen LogP contribution >= 0.6 is 7.49 Å². The van der Waals surface area contributed by atoms with Gasteiger partial charge in [0.1, 0.15) is 0 Å². The summed E-state index contributed by atoms with van der Waals surface area (Å²) in [4.78, 5) is 24.8. The molecular formula is C17H26NO6P. The number of methoxy groups -OCH3 is 2. The number of hydrogen-bond acceptors (Lipinski definition) is 7. The fourth-order valence-corrected chi connectivity index (χ4v) is 4.85. The molecule has 0 unspecified atom stereocenters. The number of para-hydroxylation sites is 1. The van der Waals surface area contributed by atoms with Crippen molar-refractivity contribution in [1.29, 1.82) is 0 Å². The predicted molar refractivity (Wildman–Crippen MR) is 98.5 cm³/mol. The van der Waals surface area contributed by atoms with Gasteiger partial charge in [0.15, 0.2) is 0 Å². The lowest BCUT2D eigenvalue weighted by Crippen LogP contribution is -2.32. The molecule has 0 bridgehead atoms. The van der Waals surface area contributed by atoms with Crippen molar-refractivity contribution < 1.29 is 28.1 Å². The summed E-state index contributed by atoms with van der Waals surface area (Å²) in [5, 5.41) is 2.80. The number of ether oxygens (including phenoxy) is 2. The van der Waals surface area contributed by atoms with Crippen LogP contribution in [0.25, 0.3) is 0 Å². The Hall–Kier alpha value is -1.82. The molecule has 25 heavy (non-hydrogen) atoms. The molecule has 7 nitrogen and oxygen atoms in total. The Kier molecular flexibility index (Phi) is 8.16. The van der Waals surface area contributed by atoms with Gasteiger partial charge in [0.25, 0.3) is 0 Å². The van der Waals surface area contributed by atoms with Crippen LogP contribution in [0.4, 0.5) is 5.69 Å². The minimum Gasteiger partial charge on any atom is -0.465 e. The third kappa shape index (κ3) is 5.88. The Morgan fingerprint density at radius 3 is 1.68 bits per heavy atom. The van der Waals surface area contributed by atoms with Crippen LogP contribution < -0.4 is 5.09 Å². The molecule has 0 amide bonds. The highest BCUT2D eigenvalue weighted by Crippen LogP contribution is 2.53. The number of esters is 2. The summed E-state index contributed by atoms with van der Waals surface area (Å²) in [6.07, 6.45) is -0.653. The van der Waals surface area contributed by atoms with Gasteiger partial charge in [-0.05, 0) is 39.8 Å². The lowest BCUT2D eigenvalue weighted by Gasteiger charge is -2.32. The van der Waals surface area contributed by atoms with E-state index >= 15 is 0 Å². The summed E-state index contributed by atoms with van der Waals surface area (Å²) >= 11 is 0. The van der Waals surface area contributed by atoms with Crippen molar-refractivity contribution in [2.75, 3.05) is 19.3 Å². The zero-order valence-corrected chi connectivity index (χ0v) is 16.3. The van der Waals surface area contributed by atoms with Crippen LogP contribution in [0, 0.1) is 0 Å². The van der Waals surface area contributed by atoms with E-state index in [1.165, 1.54) is 14.2 Å². The summed E-state index contributed by atoms with van der Waals surface area (Å²) in [5.74, 6) is -1.71. The van der Waals surface area contributed by atoms with Gasteiger partial charge in [-0.15, -0.1) is 0 Å². The Morgan fingerprint density at radius 2 is 1.32 bits per heavy atom. The first-order valence-corrected chi connectivity index (χ1v) is 9.51. The van der Waals surface area contributed by atoms with Crippen LogP contribution in [0.2, 0.25) is 0 Å². The van der Waals surface area contributed by atoms with Crippen LogP contribution in [0.3, 0.4) is 0 Å². The van der Waals surface area contributed by atoms with E-state index in [0.717, 1.165) is 0 Å². The second kappa shape index (κ2) is 9.61. The van der Waals surface area contributed by atoms with Crippen molar-refractivity contribution in [3.8, 4) is 0 Å². The van der Waals surface area contributed by atoms with E-state index in [2.05, 4.69) is 5.09 Å². The molecule has 0 aliphatic rings. The zero-order valence-electron chi connectivity index (χ0n) is 15.4. The number of hydrogen-bond donors (Lipinski definition) is 1. The van der Waals surface area contributed by atoms with E-state index in [9.17, 15) is 9.59 Å². The van der Waals surface area contributed by atoms with Crippen LogP contribution in [-0.2, 0) is 28.1 Å². The standard InChI is InChI=1S/C17H26NO6P/c1-12(2)23-25(24-13(3)4,18-14-10-8-7-9-11-14)15(16(19)21-5)17(20)22-6/h7-13,18H,1-6H3. The van der Waals surface area contributed by atoms with Crippen LogP contribution in [0.15, 0.2) is 30.3 Å². The van der Waals surface area contributed by atoms with Crippen molar-refractivity contribution in [2.24, 2.45) is 0 Å². The second-order valence-electron chi connectivity index (χ2n) is 5.67. The summed E-state index contributed by atoms with van der Waals surface area (Å²) < 4.78 is 21.6. The highest BCUT2D eigenvalue weighted by Gasteiger charge is 2.39. The topological polar surface area (TPSA) is 83.1 Å². The maximum absolute atomic E-state index is 12.4. The van der Waals surface area contributed by atoms with E-state index in [0.29, 0.717) is 5.69 Å². The predicted octanol–water partition coefficient (Wildman–Crippen LogP) is 3.23. The number of carbonyl (C=O) groups excluding carboxylic acids is 2. The molecule has 1 N–H and O–H groups in total. The molecule has 0 aliphatic heterocycles. The molecule has 140 valence electrons. The molecule has 0 spiro atoms. The van der Waals surface area contributed by atoms with E-state index in [1.807, 2.05) is 18.2 Å². The summed E-state index contributed by atoms with van der Waals surface area (Å²) in [6, 6.07) is 9.06. The normalized spacial score (nSPS) is 11.4. The Morgan fingerprint density at radius 1 is 0.880 bits per heavy atom. The first kappa shape index (κ1) is 21.2. The molecule has 1 aromatic rings. The Balaban J connectivity index is 3.71. The quantitative estimate of drug-likeness (QED) is 0.427. The third-order valence-corrected chi connectivity index (χ3v) is 5.76. The van der Waals surface area contributed by atoms with Gasteiger partial charge in [0.2, 0.25) is 12.8 Å². The van der Waals surface area contributed by atoms with Crippen molar-refractivity contribution >= 4 is 30.4 Å². The molecule has 0 atom stereocenters. The Labute approximate surface area is 148 Å². The number of anilines is 1. The molecule has 0 heterocycles. The Bertz CT molecular complexity index is 610. The van der Waals surface area contributed by atoms with Gasteiger partial charge in [-0.25, -0.2) is 9.59 Å². The lowest BCUT2D eigenvalue weighted by atomic mass is 10.3. The number of benzene rings is 1. The van der Waals surface area contributed by atoms with Gasteiger partial charge in [0.05, 0.1) is 26.4 Å². The smallest absolute Gasteiger partial charge is 0.351 e. The molecule has 0 radical (unpaired) electrons. The highest BCUT2D eigenvalue weighted by molar-refractivity contribution is 7.72. The average Bonchev–Trinajstić information content (AvgIpc) is 2.54. The SMILES string of the molecule is COC(=O)C(C(=O)OC)=P(Nc1ccccc1)(OC(C)C)OC(C)C. The maximum atomic E-state index is 12.4. The fraction of sp³-hybridized carbons (Fsp3) is 0.471. The van der Waals surface area contributed by atoms with Gasteiger partial charge >= 0.3 is 11.9 Å². The molecule has 1 aromatic carbocycles. The first-order chi connectivity index (χ1) is 11.8. The summed E-state index contributed by atoms with van der Waals surface area (Å²) in [5.41, 5.74) is 0.641. The largest absolute Gasteiger partial charge is 0.465 e. The maximum Gasteiger partial charge on any atom is 0.351 e. The molecule has 1 rings (SSSR count). The molecular weight excluding hydrogens is 345 g/mol. The lowest BCUT2D eigenvalue weighted by molar-refractivity contribution is -0.137. The van der Waals surface area contributed by atoms with Crippen molar-refractivity contribution in [2.45, 2.75) is 39.9 Å². The first-order valence-electron chi connectivity index (χ1n) is 7.89. The van der Waals surface area contributed by atoms with Gasteiger partial charge in [-0.3, -0.25) is 0 Å². The van der Waals surface area contributed by atoms with Gasteiger partial charge in [0, 0.05) is 5.69 Å². The van der Waals surface area contributed by atoms with E-state index in [4.69, 9.17) is 18.5 Å². The zero-order chi connectivity index (χ0) is 19.0. The van der Waals surface area contributed by atoms with Gasteiger partial charge < -0.3 is 23.6 Å². The van der Waals surface area contributed by atoms with Crippen LogP contribution in [-0.4, -0.2) is 43.7 Å². The fourth-order valence-electron chi connectivity index (χ4n) is 2.03. The molecule has 0 saturated heterocycles. The van der Waals surface area contributed by atoms with E-state index < -0.39 is 19.4 Å². The second-order valence-corrected chi connectivity index (χ2v) is 7.86. The highest BCUT2D eigenvalue weighted by atomic mass is 31.2. The molecule has 8 heteroatoms. The van der Waals surface area contributed by atoms with Crippen molar-refractivity contribution in [3.63, 3.8) is 0 Å². The minimum absolute atomic E-state index is 0.316. The molecule has 0 fully saturated rings. The summed E-state index contributed by atoms with van der Waals surface area (Å²) in [7, 11) is -0.993. The average molecular weight is 371 g/mol. The van der Waals surface area contributed by atoms with E-state index in [-0.39, 0.29) is 17.5 Å². The minimum atomic E-state index is -3.37. The van der Waals surface area contributed by atoms with Crippen LogP contribution in [0.5, 0.6) is 0 Å². The van der Waals surface area contributed by atoms with Gasteiger partial charge in [-0.2, -0.15) is 0 Å². The van der Waals surface area contributed by atoms with Crippen molar-refractivity contribution in [3.05, 3.63) is 30.3 Å². The number of rotatable bonds is 8. The molecule has 0 aliphatic carbocycles. The van der Waals surface area contributed by atoms with Crippen LogP contribution in [0.1, 0.15) is 27.7 Å². The molecule has 0 saturated carbocycles. The number of nitrogens with one attached hydrogen (secondary N) is 1. The molecule has 0 aromatic heterocycles. The number of carbonyl (C=O) groups is 2. The third-order valence-electron chi connectivity index (χ3n) is 2.82. The summed E-state index contributed by atoms with van der Waals surface area (Å²) in [6.45, 7) is 7.16. The van der Waals surface area contributed by atoms with Gasteiger partial charge in [-0.1, -0.05) is 18.2 Å². The van der Waals surface area contributed by atoms with Crippen molar-refractivity contribution in [1.82, 2.24) is 0 Å². The van der Waals surface area contributed by atoms with E-state index in [1.54, 1.807) is 39.8 Å².